The van der Waals surface area contributed by atoms with E-state index in [1.54, 1.807) is 11.8 Å². The molecule has 0 aliphatic carbocycles. The molecule has 2 amide bonds. The van der Waals surface area contributed by atoms with Crippen LogP contribution in [0, 0.1) is 12.8 Å². The minimum absolute atomic E-state index is 0.00556. The molecule has 4 nitrogen and oxygen atoms in total. The number of rotatable bonds is 6. The number of benzene rings is 2. The highest BCUT2D eigenvalue weighted by molar-refractivity contribution is 7.99. The first kappa shape index (κ1) is 19.5. The van der Waals surface area contributed by atoms with Gasteiger partial charge < -0.3 is 10.2 Å². The van der Waals surface area contributed by atoms with Gasteiger partial charge in [-0.1, -0.05) is 48.0 Å². The van der Waals surface area contributed by atoms with Crippen LogP contribution in [0.1, 0.15) is 24.0 Å². The summed E-state index contributed by atoms with van der Waals surface area (Å²) < 4.78 is 0. The van der Waals surface area contributed by atoms with Gasteiger partial charge in [0.2, 0.25) is 11.8 Å². The van der Waals surface area contributed by atoms with Crippen molar-refractivity contribution in [1.29, 1.82) is 0 Å². The fraction of sp³-hybridized carbons (Fsp3) is 0.364. The van der Waals surface area contributed by atoms with E-state index in [1.807, 2.05) is 35.2 Å². The topological polar surface area (TPSA) is 49.4 Å². The minimum atomic E-state index is -0.134. The number of hydrogen-bond donors (Lipinski definition) is 1. The number of piperidine rings is 1. The van der Waals surface area contributed by atoms with Gasteiger partial charge in [-0.05, 0) is 37.5 Å². The zero-order chi connectivity index (χ0) is 19.1. The molecule has 0 saturated carbocycles. The van der Waals surface area contributed by atoms with Crippen molar-refractivity contribution in [2.45, 2.75) is 25.5 Å². The summed E-state index contributed by atoms with van der Waals surface area (Å²) in [5.41, 5.74) is 3.28. The van der Waals surface area contributed by atoms with Crippen molar-refractivity contribution in [3.8, 4) is 0 Å². The van der Waals surface area contributed by atoms with E-state index in [4.69, 9.17) is 0 Å². The van der Waals surface area contributed by atoms with Crippen molar-refractivity contribution in [3.63, 3.8) is 0 Å². The standard InChI is InChI=1S/C22H26N2O2S/c1-17-9-11-18(12-10-17)15-27-16-21(25)24-13-5-6-19(14-24)22(26)23-20-7-3-2-4-8-20/h2-4,7-12,19H,5-6,13-16H2,1H3,(H,23,26). The van der Waals surface area contributed by atoms with Gasteiger partial charge in [0.1, 0.15) is 0 Å². The lowest BCUT2D eigenvalue weighted by atomic mass is 9.97. The van der Waals surface area contributed by atoms with E-state index in [-0.39, 0.29) is 17.7 Å². The Bertz CT molecular complexity index is 762. The monoisotopic (exact) mass is 382 g/mol. The molecule has 0 radical (unpaired) electrons. The van der Waals surface area contributed by atoms with E-state index in [9.17, 15) is 9.59 Å². The molecule has 2 aromatic carbocycles. The van der Waals surface area contributed by atoms with Crippen molar-refractivity contribution < 1.29 is 9.59 Å². The normalized spacial score (nSPS) is 16.8. The summed E-state index contributed by atoms with van der Waals surface area (Å²) in [5.74, 6) is 1.29. The smallest absolute Gasteiger partial charge is 0.232 e. The number of nitrogens with zero attached hydrogens (tertiary/aromatic N) is 1. The highest BCUT2D eigenvalue weighted by Crippen LogP contribution is 2.20. The molecule has 1 atom stereocenters. The summed E-state index contributed by atoms with van der Waals surface area (Å²) in [4.78, 5) is 26.9. The molecule has 27 heavy (non-hydrogen) atoms. The Morgan fingerprint density at radius 2 is 1.85 bits per heavy atom. The first-order valence-electron chi connectivity index (χ1n) is 9.39. The van der Waals surface area contributed by atoms with Gasteiger partial charge in [0.05, 0.1) is 11.7 Å². The summed E-state index contributed by atoms with van der Waals surface area (Å²) in [6.07, 6.45) is 1.71. The molecule has 2 aromatic rings. The fourth-order valence-corrected chi connectivity index (χ4v) is 4.10. The first-order chi connectivity index (χ1) is 13.1. The van der Waals surface area contributed by atoms with Crippen molar-refractivity contribution in [2.24, 2.45) is 5.92 Å². The quantitative estimate of drug-likeness (QED) is 0.818. The van der Waals surface area contributed by atoms with Crippen LogP contribution in [0.5, 0.6) is 0 Å². The lowest BCUT2D eigenvalue weighted by molar-refractivity contribution is -0.132. The summed E-state index contributed by atoms with van der Waals surface area (Å²) >= 11 is 1.63. The SMILES string of the molecule is Cc1ccc(CSCC(=O)N2CCCC(C(=O)Nc3ccccc3)C2)cc1. The van der Waals surface area contributed by atoms with Gasteiger partial charge in [0.15, 0.2) is 0 Å². The number of anilines is 1. The molecular formula is C22H26N2O2S. The minimum Gasteiger partial charge on any atom is -0.341 e. The lowest BCUT2D eigenvalue weighted by Gasteiger charge is -2.32. The van der Waals surface area contributed by atoms with Gasteiger partial charge in [-0.25, -0.2) is 0 Å². The Morgan fingerprint density at radius 1 is 1.11 bits per heavy atom. The number of aryl methyl sites for hydroxylation is 1. The first-order valence-corrected chi connectivity index (χ1v) is 10.5. The Hall–Kier alpha value is -2.27. The van der Waals surface area contributed by atoms with Gasteiger partial charge in [-0.2, -0.15) is 0 Å². The van der Waals surface area contributed by atoms with Crippen molar-refractivity contribution >= 4 is 29.3 Å². The maximum absolute atomic E-state index is 12.5. The van der Waals surface area contributed by atoms with Gasteiger partial charge in [0.25, 0.3) is 0 Å². The van der Waals surface area contributed by atoms with Crippen molar-refractivity contribution in [3.05, 3.63) is 65.7 Å². The Kier molecular flexibility index (Phi) is 6.93. The summed E-state index contributed by atoms with van der Waals surface area (Å²) in [7, 11) is 0. The lowest BCUT2D eigenvalue weighted by Crippen LogP contribution is -2.44. The average molecular weight is 383 g/mol. The molecule has 142 valence electrons. The molecule has 1 N–H and O–H groups in total. The molecular weight excluding hydrogens is 356 g/mol. The molecule has 3 rings (SSSR count). The van der Waals surface area contributed by atoms with Crippen molar-refractivity contribution in [2.75, 3.05) is 24.2 Å². The van der Waals surface area contributed by atoms with Crippen LogP contribution in [-0.2, 0) is 15.3 Å². The molecule has 1 heterocycles. The largest absolute Gasteiger partial charge is 0.341 e. The molecule has 0 bridgehead atoms. The summed E-state index contributed by atoms with van der Waals surface area (Å²) in [6, 6.07) is 17.9. The van der Waals surface area contributed by atoms with E-state index in [2.05, 4.69) is 36.5 Å². The van der Waals surface area contributed by atoms with Crippen LogP contribution in [0.3, 0.4) is 0 Å². The highest BCUT2D eigenvalue weighted by Gasteiger charge is 2.28. The van der Waals surface area contributed by atoms with Gasteiger partial charge in [-0.15, -0.1) is 11.8 Å². The Labute approximate surface area is 165 Å². The number of para-hydroxylation sites is 1. The number of carbonyl (C=O) groups excluding carboxylic acids is 2. The van der Waals surface area contributed by atoms with Crippen LogP contribution in [0.4, 0.5) is 5.69 Å². The molecule has 1 unspecified atom stereocenters. The van der Waals surface area contributed by atoms with Crippen LogP contribution < -0.4 is 5.32 Å². The molecule has 1 aliphatic rings. The van der Waals surface area contributed by atoms with Crippen LogP contribution >= 0.6 is 11.8 Å². The predicted molar refractivity (Wildman–Crippen MR) is 112 cm³/mol. The van der Waals surface area contributed by atoms with Crippen molar-refractivity contribution in [1.82, 2.24) is 4.90 Å². The van der Waals surface area contributed by atoms with E-state index >= 15 is 0 Å². The number of nitrogens with one attached hydrogen (secondary N) is 1. The zero-order valence-electron chi connectivity index (χ0n) is 15.7. The van der Waals surface area contributed by atoms with Crippen LogP contribution in [0.15, 0.2) is 54.6 Å². The number of carbonyl (C=O) groups is 2. The Balaban J connectivity index is 1.46. The van der Waals surface area contributed by atoms with Crippen LogP contribution in [-0.4, -0.2) is 35.6 Å². The second-order valence-corrected chi connectivity index (χ2v) is 8.00. The second-order valence-electron chi connectivity index (χ2n) is 7.01. The molecule has 5 heteroatoms. The third-order valence-electron chi connectivity index (χ3n) is 4.80. The van der Waals surface area contributed by atoms with Gasteiger partial charge in [-0.3, -0.25) is 9.59 Å². The molecule has 1 saturated heterocycles. The third-order valence-corrected chi connectivity index (χ3v) is 5.79. The molecule has 0 aromatic heterocycles. The van der Waals surface area contributed by atoms with E-state index in [0.29, 0.717) is 12.3 Å². The highest BCUT2D eigenvalue weighted by atomic mass is 32.2. The number of likely N-dealkylation sites (tertiary alicyclic amines) is 1. The van der Waals surface area contributed by atoms with Gasteiger partial charge >= 0.3 is 0 Å². The molecule has 1 fully saturated rings. The van der Waals surface area contributed by atoms with E-state index < -0.39 is 0 Å². The van der Waals surface area contributed by atoms with Gasteiger partial charge in [0, 0.05) is 24.5 Å². The number of thioether (sulfide) groups is 1. The Morgan fingerprint density at radius 3 is 2.59 bits per heavy atom. The van der Waals surface area contributed by atoms with Crippen LogP contribution in [0.2, 0.25) is 0 Å². The zero-order valence-corrected chi connectivity index (χ0v) is 16.5. The average Bonchev–Trinajstić information content (AvgIpc) is 2.70. The second kappa shape index (κ2) is 9.60. The maximum atomic E-state index is 12.5. The summed E-state index contributed by atoms with van der Waals surface area (Å²) in [6.45, 7) is 3.34. The maximum Gasteiger partial charge on any atom is 0.232 e. The van der Waals surface area contributed by atoms with E-state index in [1.165, 1.54) is 11.1 Å². The molecule has 0 spiro atoms. The molecule has 1 aliphatic heterocycles. The number of hydrogen-bond acceptors (Lipinski definition) is 3. The van der Waals surface area contributed by atoms with E-state index in [0.717, 1.165) is 30.8 Å². The third kappa shape index (κ3) is 5.86. The number of amides is 2. The van der Waals surface area contributed by atoms with Crippen LogP contribution in [0.25, 0.3) is 0 Å². The predicted octanol–water partition coefficient (Wildman–Crippen LogP) is 4.11. The fourth-order valence-electron chi connectivity index (χ4n) is 3.22. The summed E-state index contributed by atoms with van der Waals surface area (Å²) in [5, 5.41) is 2.96.